The highest BCUT2D eigenvalue weighted by Gasteiger charge is 2.41. The minimum atomic E-state index is 0.121. The van der Waals surface area contributed by atoms with E-state index in [2.05, 4.69) is 15.3 Å². The number of aromatic nitrogens is 2. The van der Waals surface area contributed by atoms with Crippen molar-refractivity contribution in [3.05, 3.63) is 12.4 Å². The Morgan fingerprint density at radius 1 is 1.47 bits per heavy atom. The molecule has 1 heterocycles. The molecule has 0 unspecified atom stereocenters. The van der Waals surface area contributed by atoms with Gasteiger partial charge in [-0.15, -0.1) is 11.6 Å². The highest BCUT2D eigenvalue weighted by atomic mass is 35.5. The fraction of sp³-hybridized carbons (Fsp3) is 0.667. The Morgan fingerprint density at radius 3 is 2.82 bits per heavy atom. The van der Waals surface area contributed by atoms with E-state index in [1.165, 1.54) is 19.2 Å². The first-order valence-electron chi connectivity index (χ1n) is 5.92. The van der Waals surface area contributed by atoms with Crippen LogP contribution in [0.2, 0.25) is 0 Å². The predicted molar refractivity (Wildman–Crippen MR) is 68.7 cm³/mol. The van der Waals surface area contributed by atoms with Gasteiger partial charge in [0.25, 0.3) is 0 Å². The lowest BCUT2D eigenvalue weighted by Gasteiger charge is -2.14. The zero-order chi connectivity index (χ0) is 12.3. The zero-order valence-electron chi connectivity index (χ0n) is 10.2. The fourth-order valence-electron chi connectivity index (χ4n) is 1.55. The summed E-state index contributed by atoms with van der Waals surface area (Å²) in [6.07, 6.45) is 4.03. The molecule has 0 amide bonds. The number of hydrogen-bond acceptors (Lipinski definition) is 4. The standard InChI is InChI=1S/C12H18ClN3O/c1-9(2)17-11-5-10(15-8-16-11)14-7-12(6-13)3-4-12/h5,8-9H,3-4,6-7H2,1-2H3,(H,14,15,16). The molecule has 1 aromatic rings. The topological polar surface area (TPSA) is 47.0 Å². The highest BCUT2D eigenvalue weighted by molar-refractivity contribution is 6.18. The van der Waals surface area contributed by atoms with Crippen molar-refractivity contribution in [1.29, 1.82) is 0 Å². The Hall–Kier alpha value is -1.03. The SMILES string of the molecule is CC(C)Oc1cc(NCC2(CCl)CC2)ncn1. The van der Waals surface area contributed by atoms with Crippen LogP contribution in [0.15, 0.2) is 12.4 Å². The van der Waals surface area contributed by atoms with Crippen molar-refractivity contribution in [1.82, 2.24) is 9.97 Å². The van der Waals surface area contributed by atoms with Crippen LogP contribution in [0.5, 0.6) is 5.88 Å². The largest absolute Gasteiger partial charge is 0.475 e. The summed E-state index contributed by atoms with van der Waals surface area (Å²) in [6.45, 7) is 4.82. The average molecular weight is 256 g/mol. The van der Waals surface area contributed by atoms with Gasteiger partial charge in [0.1, 0.15) is 12.1 Å². The van der Waals surface area contributed by atoms with Gasteiger partial charge in [-0.2, -0.15) is 0 Å². The van der Waals surface area contributed by atoms with Crippen LogP contribution in [-0.4, -0.2) is 28.5 Å². The molecule has 2 rings (SSSR count). The molecule has 0 saturated heterocycles. The number of halogens is 1. The van der Waals surface area contributed by atoms with E-state index >= 15 is 0 Å². The number of anilines is 1. The van der Waals surface area contributed by atoms with Gasteiger partial charge in [0.15, 0.2) is 0 Å². The van der Waals surface area contributed by atoms with Crippen LogP contribution in [0.3, 0.4) is 0 Å². The number of nitrogens with one attached hydrogen (secondary N) is 1. The smallest absolute Gasteiger partial charge is 0.218 e. The molecule has 1 aliphatic carbocycles. The number of rotatable bonds is 6. The van der Waals surface area contributed by atoms with Gasteiger partial charge in [0, 0.05) is 23.9 Å². The Morgan fingerprint density at radius 2 is 2.24 bits per heavy atom. The van der Waals surface area contributed by atoms with Crippen molar-refractivity contribution in [3.8, 4) is 5.88 Å². The molecule has 0 radical (unpaired) electrons. The summed E-state index contributed by atoms with van der Waals surface area (Å²) >= 11 is 5.92. The second kappa shape index (κ2) is 5.08. The molecule has 1 N–H and O–H groups in total. The maximum Gasteiger partial charge on any atom is 0.218 e. The third-order valence-electron chi connectivity index (χ3n) is 2.88. The van der Waals surface area contributed by atoms with Crippen LogP contribution in [0, 0.1) is 5.41 Å². The normalized spacial score (nSPS) is 16.9. The van der Waals surface area contributed by atoms with Gasteiger partial charge in [-0.1, -0.05) is 0 Å². The molecular formula is C12H18ClN3O. The second-order valence-corrected chi connectivity index (χ2v) is 5.16. The predicted octanol–water partition coefficient (Wildman–Crippen LogP) is 2.69. The Labute approximate surface area is 107 Å². The van der Waals surface area contributed by atoms with E-state index in [9.17, 15) is 0 Å². The second-order valence-electron chi connectivity index (χ2n) is 4.90. The summed E-state index contributed by atoms with van der Waals surface area (Å²) in [7, 11) is 0. The molecule has 1 aromatic heterocycles. The van der Waals surface area contributed by atoms with Gasteiger partial charge < -0.3 is 10.1 Å². The lowest BCUT2D eigenvalue weighted by molar-refractivity contribution is 0.232. The molecule has 0 bridgehead atoms. The zero-order valence-corrected chi connectivity index (χ0v) is 11.0. The molecule has 0 atom stereocenters. The van der Waals surface area contributed by atoms with Gasteiger partial charge in [0.2, 0.25) is 5.88 Å². The maximum atomic E-state index is 5.92. The van der Waals surface area contributed by atoms with E-state index in [4.69, 9.17) is 16.3 Å². The van der Waals surface area contributed by atoms with E-state index in [0.717, 1.165) is 12.4 Å². The maximum absolute atomic E-state index is 5.92. The van der Waals surface area contributed by atoms with E-state index in [1.807, 2.05) is 19.9 Å². The minimum absolute atomic E-state index is 0.121. The molecule has 1 aliphatic rings. The Kier molecular flexibility index (Phi) is 3.72. The van der Waals surface area contributed by atoms with Crippen LogP contribution in [0.1, 0.15) is 26.7 Å². The molecule has 1 saturated carbocycles. The van der Waals surface area contributed by atoms with Crippen molar-refractivity contribution in [2.24, 2.45) is 5.41 Å². The first-order chi connectivity index (χ1) is 8.13. The first-order valence-corrected chi connectivity index (χ1v) is 6.46. The van der Waals surface area contributed by atoms with E-state index in [1.54, 1.807) is 0 Å². The molecule has 4 nitrogen and oxygen atoms in total. The fourth-order valence-corrected chi connectivity index (χ4v) is 1.92. The van der Waals surface area contributed by atoms with Gasteiger partial charge >= 0.3 is 0 Å². The Balaban J connectivity index is 1.92. The number of hydrogen-bond donors (Lipinski definition) is 1. The quantitative estimate of drug-likeness (QED) is 0.794. The van der Waals surface area contributed by atoms with Crippen molar-refractivity contribution in [3.63, 3.8) is 0 Å². The summed E-state index contributed by atoms with van der Waals surface area (Å²) in [6, 6.07) is 1.82. The summed E-state index contributed by atoms with van der Waals surface area (Å²) < 4.78 is 5.51. The molecule has 94 valence electrons. The molecule has 17 heavy (non-hydrogen) atoms. The molecule has 0 aromatic carbocycles. The molecule has 1 fully saturated rings. The first kappa shape index (κ1) is 12.4. The molecule has 0 spiro atoms. The van der Waals surface area contributed by atoms with Gasteiger partial charge in [-0.05, 0) is 26.7 Å². The van der Waals surface area contributed by atoms with Crippen LogP contribution in [-0.2, 0) is 0 Å². The lowest BCUT2D eigenvalue weighted by Crippen LogP contribution is -2.17. The van der Waals surface area contributed by atoms with Crippen molar-refractivity contribution < 1.29 is 4.74 Å². The number of nitrogens with zero attached hydrogens (tertiary/aromatic N) is 2. The minimum Gasteiger partial charge on any atom is -0.475 e. The molecule has 5 heteroatoms. The summed E-state index contributed by atoms with van der Waals surface area (Å²) in [5, 5.41) is 3.30. The molecular weight excluding hydrogens is 238 g/mol. The van der Waals surface area contributed by atoms with Crippen LogP contribution in [0.4, 0.5) is 5.82 Å². The summed E-state index contributed by atoms with van der Waals surface area (Å²) in [4.78, 5) is 8.23. The monoisotopic (exact) mass is 255 g/mol. The molecule has 0 aliphatic heterocycles. The average Bonchev–Trinajstić information content (AvgIpc) is 3.07. The van der Waals surface area contributed by atoms with Crippen molar-refractivity contribution in [2.75, 3.05) is 17.7 Å². The Bertz CT molecular complexity index is 380. The van der Waals surface area contributed by atoms with E-state index < -0.39 is 0 Å². The van der Waals surface area contributed by atoms with Crippen LogP contribution in [0.25, 0.3) is 0 Å². The van der Waals surface area contributed by atoms with Crippen LogP contribution >= 0.6 is 11.6 Å². The number of ether oxygens (including phenoxy) is 1. The van der Waals surface area contributed by atoms with Crippen LogP contribution < -0.4 is 10.1 Å². The van der Waals surface area contributed by atoms with E-state index in [0.29, 0.717) is 11.8 Å². The highest BCUT2D eigenvalue weighted by Crippen LogP contribution is 2.46. The third kappa shape index (κ3) is 3.46. The third-order valence-corrected chi connectivity index (χ3v) is 3.45. The van der Waals surface area contributed by atoms with Crippen molar-refractivity contribution >= 4 is 17.4 Å². The lowest BCUT2D eigenvalue weighted by atomic mass is 10.1. The summed E-state index contributed by atoms with van der Waals surface area (Å²) in [5.74, 6) is 2.11. The van der Waals surface area contributed by atoms with Gasteiger partial charge in [-0.3, -0.25) is 0 Å². The van der Waals surface area contributed by atoms with Gasteiger partial charge in [-0.25, -0.2) is 9.97 Å². The van der Waals surface area contributed by atoms with E-state index in [-0.39, 0.29) is 11.5 Å². The summed E-state index contributed by atoms with van der Waals surface area (Å²) in [5.41, 5.74) is 0.283. The number of alkyl halides is 1. The van der Waals surface area contributed by atoms with Crippen molar-refractivity contribution in [2.45, 2.75) is 32.8 Å². The van der Waals surface area contributed by atoms with Gasteiger partial charge in [0.05, 0.1) is 6.10 Å².